The molecule has 0 atom stereocenters. The Balaban J connectivity index is 1.74. The first-order chi connectivity index (χ1) is 14.7. The zero-order valence-corrected chi connectivity index (χ0v) is 18.0. The number of hydrogen-bond donors (Lipinski definition) is 0. The summed E-state index contributed by atoms with van der Waals surface area (Å²) in [6.45, 7) is 3.07. The van der Waals surface area contributed by atoms with E-state index in [4.69, 9.17) is 16.6 Å². The van der Waals surface area contributed by atoms with Gasteiger partial charge in [-0.2, -0.15) is 0 Å². The molecule has 0 radical (unpaired) electrons. The van der Waals surface area contributed by atoms with Crippen LogP contribution in [0.4, 0.5) is 0 Å². The maximum atomic E-state index is 12.9. The Bertz CT molecular complexity index is 1180. The van der Waals surface area contributed by atoms with Gasteiger partial charge in [-0.15, -0.1) is 0 Å². The molecule has 0 saturated carbocycles. The van der Waals surface area contributed by atoms with Crippen molar-refractivity contribution in [2.75, 3.05) is 0 Å². The van der Waals surface area contributed by atoms with Crippen LogP contribution in [-0.2, 0) is 19.4 Å². The van der Waals surface area contributed by atoms with Crippen LogP contribution in [0.5, 0.6) is 0 Å². The van der Waals surface area contributed by atoms with Crippen molar-refractivity contribution in [3.63, 3.8) is 0 Å². The second-order valence-corrected chi connectivity index (χ2v) is 8.06. The maximum absolute atomic E-state index is 12.9. The minimum Gasteiger partial charge on any atom is -0.314 e. The van der Waals surface area contributed by atoms with E-state index in [-0.39, 0.29) is 5.56 Å². The largest absolute Gasteiger partial charge is 0.314 e. The molecule has 4 rings (SSSR count). The van der Waals surface area contributed by atoms with Crippen molar-refractivity contribution < 1.29 is 0 Å². The molecule has 154 valence electrons. The van der Waals surface area contributed by atoms with Crippen LogP contribution in [0.2, 0.25) is 5.02 Å². The molecule has 5 heteroatoms. The fraction of sp³-hybridized carbons (Fsp3) is 0.280. The lowest BCUT2D eigenvalue weighted by Gasteiger charge is -2.10. The summed E-state index contributed by atoms with van der Waals surface area (Å²) in [5, 5.41) is 0.669. The van der Waals surface area contributed by atoms with Crippen molar-refractivity contribution in [3.8, 4) is 11.3 Å². The van der Waals surface area contributed by atoms with E-state index in [1.54, 1.807) is 10.5 Å². The van der Waals surface area contributed by atoms with Crippen LogP contribution in [0.25, 0.3) is 17.0 Å². The Morgan fingerprint density at radius 3 is 2.47 bits per heavy atom. The molecule has 0 spiro atoms. The summed E-state index contributed by atoms with van der Waals surface area (Å²) in [5.41, 5.74) is 3.96. The van der Waals surface area contributed by atoms with Gasteiger partial charge in [0.05, 0.1) is 5.69 Å². The van der Waals surface area contributed by atoms with Crippen molar-refractivity contribution in [2.24, 2.45) is 0 Å². The monoisotopic (exact) mass is 419 g/mol. The Morgan fingerprint density at radius 1 is 0.967 bits per heavy atom. The molecule has 0 aliphatic carbocycles. The predicted molar refractivity (Wildman–Crippen MR) is 123 cm³/mol. The summed E-state index contributed by atoms with van der Waals surface area (Å²) < 4.78 is 3.91. The molecule has 2 aromatic carbocycles. The number of hydrogen-bond acceptors (Lipinski definition) is 2. The van der Waals surface area contributed by atoms with Gasteiger partial charge in [0.2, 0.25) is 5.78 Å². The highest BCUT2D eigenvalue weighted by Crippen LogP contribution is 2.21. The third-order valence-electron chi connectivity index (χ3n) is 5.44. The Kier molecular flexibility index (Phi) is 6.34. The van der Waals surface area contributed by atoms with Gasteiger partial charge in [-0.05, 0) is 37.0 Å². The number of aryl methyl sites for hydroxylation is 3. The van der Waals surface area contributed by atoms with Gasteiger partial charge < -0.3 is 4.57 Å². The number of halogens is 1. The first-order valence-corrected chi connectivity index (χ1v) is 10.9. The van der Waals surface area contributed by atoms with Crippen molar-refractivity contribution in [3.05, 3.63) is 93.5 Å². The summed E-state index contributed by atoms with van der Waals surface area (Å²) >= 11 is 6.02. The Labute approximate surface area is 181 Å². The molecule has 0 aliphatic heterocycles. The van der Waals surface area contributed by atoms with Crippen LogP contribution in [-0.4, -0.2) is 14.0 Å². The predicted octanol–water partition coefficient (Wildman–Crippen LogP) is 5.79. The van der Waals surface area contributed by atoms with E-state index >= 15 is 0 Å². The van der Waals surface area contributed by atoms with Crippen LogP contribution >= 0.6 is 11.6 Å². The zero-order valence-electron chi connectivity index (χ0n) is 17.2. The average Bonchev–Trinajstić information content (AvgIpc) is 3.12. The normalized spacial score (nSPS) is 11.3. The summed E-state index contributed by atoms with van der Waals surface area (Å²) in [5.74, 6) is 0.714. The van der Waals surface area contributed by atoms with Crippen LogP contribution in [0.1, 0.15) is 37.4 Å². The van der Waals surface area contributed by atoms with Gasteiger partial charge >= 0.3 is 0 Å². The molecule has 0 aliphatic rings. The van der Waals surface area contributed by atoms with Crippen LogP contribution in [0.15, 0.2) is 71.7 Å². The fourth-order valence-electron chi connectivity index (χ4n) is 3.79. The molecule has 0 saturated heterocycles. The Morgan fingerprint density at radius 2 is 1.73 bits per heavy atom. The Hall–Kier alpha value is -2.85. The topological polar surface area (TPSA) is 39.3 Å². The van der Waals surface area contributed by atoms with Gasteiger partial charge in [-0.1, -0.05) is 73.8 Å². The SMILES string of the molecule is CCCCCn1c(CCc2ccccc2)cn2c(=O)cc(-c3ccc(Cl)cc3)nc12. The third kappa shape index (κ3) is 4.49. The van der Waals surface area contributed by atoms with Crippen molar-refractivity contribution in [2.45, 2.75) is 45.6 Å². The standard InChI is InChI=1S/C25H26ClN3O/c1-2-3-7-16-28-22(15-10-19-8-5-4-6-9-19)18-29-24(30)17-23(27-25(28)29)20-11-13-21(26)14-12-20/h4-6,8-9,11-14,17-18H,2-3,7,10,15-16H2,1H3. The maximum Gasteiger partial charge on any atom is 0.259 e. The van der Waals surface area contributed by atoms with E-state index in [1.807, 2.05) is 36.5 Å². The van der Waals surface area contributed by atoms with Gasteiger partial charge in [-0.3, -0.25) is 9.20 Å². The number of aromatic nitrogens is 3. The van der Waals surface area contributed by atoms with E-state index in [1.165, 1.54) is 5.56 Å². The summed E-state index contributed by atoms with van der Waals surface area (Å²) in [6, 6.07) is 19.5. The van der Waals surface area contributed by atoms with Crippen molar-refractivity contribution in [1.29, 1.82) is 0 Å². The summed E-state index contributed by atoms with van der Waals surface area (Å²) in [7, 11) is 0. The molecule has 0 N–H and O–H groups in total. The molecular formula is C25H26ClN3O. The molecule has 0 bridgehead atoms. The number of imidazole rings is 1. The molecule has 30 heavy (non-hydrogen) atoms. The number of nitrogens with zero attached hydrogens (tertiary/aromatic N) is 3. The molecule has 0 fully saturated rings. The second kappa shape index (κ2) is 9.31. The van der Waals surface area contributed by atoms with E-state index in [0.717, 1.165) is 49.9 Å². The smallest absolute Gasteiger partial charge is 0.259 e. The van der Waals surface area contributed by atoms with E-state index in [2.05, 4.69) is 35.8 Å². The number of benzene rings is 2. The van der Waals surface area contributed by atoms with Crippen LogP contribution in [0.3, 0.4) is 0 Å². The van der Waals surface area contributed by atoms with E-state index in [9.17, 15) is 4.79 Å². The van der Waals surface area contributed by atoms with E-state index < -0.39 is 0 Å². The minimum atomic E-state index is -0.0554. The fourth-order valence-corrected chi connectivity index (χ4v) is 3.91. The molecule has 0 amide bonds. The summed E-state index contributed by atoms with van der Waals surface area (Å²) in [4.78, 5) is 17.8. The van der Waals surface area contributed by atoms with Crippen LogP contribution < -0.4 is 5.56 Å². The molecule has 2 aromatic heterocycles. The molecule has 4 nitrogen and oxygen atoms in total. The van der Waals surface area contributed by atoms with E-state index in [0.29, 0.717) is 16.5 Å². The minimum absolute atomic E-state index is 0.0554. The second-order valence-electron chi connectivity index (χ2n) is 7.62. The first kappa shape index (κ1) is 20.4. The highest BCUT2D eigenvalue weighted by Gasteiger charge is 2.14. The molecule has 4 aromatic rings. The third-order valence-corrected chi connectivity index (χ3v) is 5.69. The van der Waals surface area contributed by atoms with Crippen LogP contribution in [0, 0.1) is 0 Å². The highest BCUT2D eigenvalue weighted by molar-refractivity contribution is 6.30. The quantitative estimate of drug-likeness (QED) is 0.339. The average molecular weight is 420 g/mol. The lowest BCUT2D eigenvalue weighted by molar-refractivity contribution is 0.592. The van der Waals surface area contributed by atoms with Gasteiger partial charge in [-0.25, -0.2) is 4.98 Å². The van der Waals surface area contributed by atoms with Gasteiger partial charge in [0.25, 0.3) is 5.56 Å². The van der Waals surface area contributed by atoms with Gasteiger partial charge in [0.1, 0.15) is 0 Å². The van der Waals surface area contributed by atoms with Crippen molar-refractivity contribution in [1.82, 2.24) is 14.0 Å². The van der Waals surface area contributed by atoms with Gasteiger partial charge in [0.15, 0.2) is 0 Å². The number of rotatable bonds is 8. The van der Waals surface area contributed by atoms with Gasteiger partial charge in [0, 0.05) is 35.1 Å². The highest BCUT2D eigenvalue weighted by atomic mass is 35.5. The zero-order chi connectivity index (χ0) is 20.9. The summed E-state index contributed by atoms with van der Waals surface area (Å²) in [6.07, 6.45) is 7.15. The lowest BCUT2D eigenvalue weighted by Crippen LogP contribution is -2.14. The first-order valence-electron chi connectivity index (χ1n) is 10.6. The molecule has 2 heterocycles. The number of unbranched alkanes of at least 4 members (excludes halogenated alkanes) is 2. The van der Waals surface area contributed by atoms with Crippen molar-refractivity contribution >= 4 is 17.4 Å². The molecular weight excluding hydrogens is 394 g/mol. The number of fused-ring (bicyclic) bond motifs is 1. The molecule has 0 unspecified atom stereocenters. The lowest BCUT2D eigenvalue weighted by atomic mass is 10.1.